The molecule has 1 aromatic rings. The Morgan fingerprint density at radius 2 is 1.59 bits per heavy atom. The Bertz CT molecular complexity index is 884. The summed E-state index contributed by atoms with van der Waals surface area (Å²) in [6, 6.07) is 5.43. The Kier molecular flexibility index (Phi) is 5.72. The van der Waals surface area contributed by atoms with Crippen LogP contribution in [0.2, 0.25) is 0 Å². The summed E-state index contributed by atoms with van der Waals surface area (Å²) in [5.41, 5.74) is 2.22. The van der Waals surface area contributed by atoms with Crippen LogP contribution in [0.5, 0.6) is 0 Å². The number of nitrogens with zero attached hydrogens (tertiary/aromatic N) is 1. The lowest BCUT2D eigenvalue weighted by molar-refractivity contribution is -0.131. The number of hydrogen-bond donors (Lipinski definition) is 2. The fraction of sp³-hybridized carbons (Fsp3) is 0.654. The molecule has 32 heavy (non-hydrogen) atoms. The second kappa shape index (κ2) is 8.53. The van der Waals surface area contributed by atoms with E-state index in [0.29, 0.717) is 17.7 Å². The van der Waals surface area contributed by atoms with E-state index in [4.69, 9.17) is 0 Å². The molecule has 0 aromatic heterocycles. The molecule has 0 radical (unpaired) electrons. The first-order chi connectivity index (χ1) is 15.4. The molecule has 4 bridgehead atoms. The molecule has 1 aliphatic heterocycles. The Balaban J connectivity index is 1.15. The monoisotopic (exact) mass is 437 g/mol. The Morgan fingerprint density at radius 1 is 0.969 bits per heavy atom. The summed E-state index contributed by atoms with van der Waals surface area (Å²) >= 11 is 0. The summed E-state index contributed by atoms with van der Waals surface area (Å²) < 4.78 is 0. The molecule has 3 amide bonds. The van der Waals surface area contributed by atoms with E-state index in [1.54, 1.807) is 6.07 Å². The molecule has 0 spiro atoms. The quantitative estimate of drug-likeness (QED) is 0.709. The largest absolute Gasteiger partial charge is 0.347 e. The summed E-state index contributed by atoms with van der Waals surface area (Å²) in [5, 5.41) is 5.74. The van der Waals surface area contributed by atoms with Gasteiger partial charge in [0, 0.05) is 30.8 Å². The lowest BCUT2D eigenvalue weighted by Crippen LogP contribution is -2.48. The van der Waals surface area contributed by atoms with Gasteiger partial charge in [-0.3, -0.25) is 14.4 Å². The van der Waals surface area contributed by atoms with Crippen molar-refractivity contribution in [1.29, 1.82) is 0 Å². The number of benzene rings is 1. The molecule has 5 aliphatic rings. The highest BCUT2D eigenvalue weighted by molar-refractivity contribution is 6.00. The molecule has 5 fully saturated rings. The zero-order valence-electron chi connectivity index (χ0n) is 19.1. The van der Waals surface area contributed by atoms with Crippen molar-refractivity contribution in [2.45, 2.75) is 64.7 Å². The van der Waals surface area contributed by atoms with E-state index in [9.17, 15) is 14.4 Å². The van der Waals surface area contributed by atoms with Gasteiger partial charge in [-0.1, -0.05) is 6.07 Å². The third kappa shape index (κ3) is 4.28. The molecule has 6 rings (SSSR count). The maximum absolute atomic E-state index is 12.8. The van der Waals surface area contributed by atoms with Gasteiger partial charge in [-0.2, -0.15) is 0 Å². The van der Waals surface area contributed by atoms with Gasteiger partial charge in [-0.25, -0.2) is 0 Å². The van der Waals surface area contributed by atoms with Gasteiger partial charge in [0.15, 0.2) is 0 Å². The molecule has 1 heterocycles. The molecular formula is C26H35N3O3. The Morgan fingerprint density at radius 3 is 2.22 bits per heavy atom. The van der Waals surface area contributed by atoms with E-state index >= 15 is 0 Å². The van der Waals surface area contributed by atoms with Gasteiger partial charge in [0.2, 0.25) is 11.8 Å². The van der Waals surface area contributed by atoms with E-state index in [2.05, 4.69) is 10.6 Å². The van der Waals surface area contributed by atoms with Crippen molar-refractivity contribution in [2.75, 3.05) is 25.0 Å². The predicted molar refractivity (Wildman–Crippen MR) is 123 cm³/mol. The van der Waals surface area contributed by atoms with E-state index < -0.39 is 0 Å². The van der Waals surface area contributed by atoms with Crippen LogP contribution in [0.4, 0.5) is 5.69 Å². The summed E-state index contributed by atoms with van der Waals surface area (Å²) in [6.07, 6.45) is 10.3. The van der Waals surface area contributed by atoms with Crippen LogP contribution in [-0.4, -0.2) is 42.3 Å². The van der Waals surface area contributed by atoms with E-state index in [1.807, 2.05) is 24.0 Å². The minimum atomic E-state index is -0.252. The van der Waals surface area contributed by atoms with Gasteiger partial charge in [0.1, 0.15) is 0 Å². The first-order valence-electron chi connectivity index (χ1n) is 12.4. The highest BCUT2D eigenvalue weighted by Crippen LogP contribution is 2.61. The van der Waals surface area contributed by atoms with E-state index in [0.717, 1.165) is 49.2 Å². The second-order valence-corrected chi connectivity index (χ2v) is 10.9. The van der Waals surface area contributed by atoms with Gasteiger partial charge < -0.3 is 15.5 Å². The maximum atomic E-state index is 12.8. The van der Waals surface area contributed by atoms with Gasteiger partial charge >= 0.3 is 0 Å². The van der Waals surface area contributed by atoms with Crippen LogP contribution in [-0.2, 0) is 9.59 Å². The van der Waals surface area contributed by atoms with Crippen molar-refractivity contribution < 1.29 is 14.4 Å². The van der Waals surface area contributed by atoms with Crippen LogP contribution >= 0.6 is 0 Å². The van der Waals surface area contributed by atoms with Crippen molar-refractivity contribution in [3.05, 3.63) is 29.3 Å². The highest BCUT2D eigenvalue weighted by atomic mass is 16.2. The zero-order valence-corrected chi connectivity index (χ0v) is 19.1. The van der Waals surface area contributed by atoms with Gasteiger partial charge in [0.05, 0.1) is 6.54 Å². The van der Waals surface area contributed by atoms with Crippen LogP contribution in [0.25, 0.3) is 0 Å². The first kappa shape index (κ1) is 21.5. The molecule has 0 atom stereocenters. The number of amides is 3. The van der Waals surface area contributed by atoms with Crippen molar-refractivity contribution in [3.8, 4) is 0 Å². The summed E-state index contributed by atoms with van der Waals surface area (Å²) in [4.78, 5) is 39.9. The van der Waals surface area contributed by atoms with Crippen LogP contribution in [0, 0.1) is 30.1 Å². The van der Waals surface area contributed by atoms with Crippen molar-refractivity contribution in [2.24, 2.45) is 23.2 Å². The van der Waals surface area contributed by atoms with Crippen LogP contribution in [0.1, 0.15) is 73.7 Å². The van der Waals surface area contributed by atoms with Crippen LogP contribution in [0.3, 0.4) is 0 Å². The lowest BCUT2D eigenvalue weighted by atomic mass is 9.49. The third-order valence-electron chi connectivity index (χ3n) is 8.38. The standard InChI is InChI=1S/C26H35N3O3/c1-17-21(25(32)29-7-2-3-8-29)5-4-6-22(17)28-24(31)16-27-23(30)15-26-12-18-9-19(13-26)11-20(10-18)14-26/h4-6,18-20H,2-3,7-16H2,1H3,(H,27,30)(H,28,31). The average Bonchev–Trinajstić information content (AvgIpc) is 3.27. The molecule has 172 valence electrons. The molecule has 6 nitrogen and oxygen atoms in total. The second-order valence-electron chi connectivity index (χ2n) is 10.9. The number of carbonyl (C=O) groups is 3. The number of carbonyl (C=O) groups excluding carboxylic acids is 3. The maximum Gasteiger partial charge on any atom is 0.254 e. The smallest absolute Gasteiger partial charge is 0.254 e. The number of likely N-dealkylation sites (tertiary alicyclic amines) is 1. The SMILES string of the molecule is Cc1c(NC(=O)CNC(=O)CC23CC4CC(CC(C4)C2)C3)cccc1C(=O)N1CCCC1. The van der Waals surface area contributed by atoms with Crippen LogP contribution in [0.15, 0.2) is 18.2 Å². The molecule has 2 N–H and O–H groups in total. The van der Waals surface area contributed by atoms with Gasteiger partial charge in [-0.05, 0) is 99.2 Å². The van der Waals surface area contributed by atoms with Gasteiger partial charge in [-0.15, -0.1) is 0 Å². The molecule has 0 unspecified atom stereocenters. The number of nitrogens with one attached hydrogen (secondary N) is 2. The number of rotatable bonds is 6. The summed E-state index contributed by atoms with van der Waals surface area (Å²) in [5.74, 6) is 2.22. The Labute approximate surface area is 190 Å². The van der Waals surface area contributed by atoms with Crippen molar-refractivity contribution in [1.82, 2.24) is 10.2 Å². The minimum absolute atomic E-state index is 0.00298. The number of anilines is 1. The lowest BCUT2D eigenvalue weighted by Gasteiger charge is -2.56. The zero-order chi connectivity index (χ0) is 22.3. The molecule has 4 saturated carbocycles. The van der Waals surface area contributed by atoms with E-state index in [-0.39, 0.29) is 29.7 Å². The van der Waals surface area contributed by atoms with E-state index in [1.165, 1.54) is 38.5 Å². The number of hydrogen-bond acceptors (Lipinski definition) is 3. The fourth-order valence-electron chi connectivity index (χ4n) is 7.38. The summed E-state index contributed by atoms with van der Waals surface area (Å²) in [7, 11) is 0. The molecule has 4 aliphatic carbocycles. The normalized spacial score (nSPS) is 30.4. The molecule has 6 heteroatoms. The van der Waals surface area contributed by atoms with Crippen molar-refractivity contribution in [3.63, 3.8) is 0 Å². The first-order valence-corrected chi connectivity index (χ1v) is 12.4. The topological polar surface area (TPSA) is 78.5 Å². The fourth-order valence-corrected chi connectivity index (χ4v) is 7.38. The molecular weight excluding hydrogens is 402 g/mol. The minimum Gasteiger partial charge on any atom is -0.347 e. The van der Waals surface area contributed by atoms with Gasteiger partial charge in [0.25, 0.3) is 5.91 Å². The van der Waals surface area contributed by atoms with Crippen LogP contribution < -0.4 is 10.6 Å². The summed E-state index contributed by atoms with van der Waals surface area (Å²) in [6.45, 7) is 3.43. The third-order valence-corrected chi connectivity index (χ3v) is 8.38. The molecule has 1 saturated heterocycles. The Hall–Kier alpha value is -2.37. The predicted octanol–water partition coefficient (Wildman–Crippen LogP) is 3.89. The average molecular weight is 438 g/mol. The molecule has 1 aromatic carbocycles. The highest BCUT2D eigenvalue weighted by Gasteiger charge is 2.51. The van der Waals surface area contributed by atoms with Crippen molar-refractivity contribution >= 4 is 23.4 Å².